The molecular formula is C20H21BrN2O3. The van der Waals surface area contributed by atoms with Crippen LogP contribution < -0.4 is 9.64 Å². The van der Waals surface area contributed by atoms with Gasteiger partial charge in [-0.25, -0.2) is 0 Å². The van der Waals surface area contributed by atoms with Gasteiger partial charge in [0.15, 0.2) is 6.10 Å². The highest BCUT2D eigenvalue weighted by atomic mass is 79.9. The van der Waals surface area contributed by atoms with Crippen LogP contribution in [0.5, 0.6) is 5.75 Å². The van der Waals surface area contributed by atoms with E-state index in [0.29, 0.717) is 39.4 Å². The van der Waals surface area contributed by atoms with Crippen molar-refractivity contribution in [1.29, 1.82) is 0 Å². The normalized spacial score (nSPS) is 19.7. The van der Waals surface area contributed by atoms with Gasteiger partial charge in [-0.3, -0.25) is 4.79 Å². The smallest absolute Gasteiger partial charge is 0.265 e. The van der Waals surface area contributed by atoms with Gasteiger partial charge in [0.25, 0.3) is 5.91 Å². The second-order valence-electron chi connectivity index (χ2n) is 6.48. The molecule has 1 atom stereocenters. The lowest BCUT2D eigenvalue weighted by Crippen LogP contribution is -2.52. The lowest BCUT2D eigenvalue weighted by molar-refractivity contribution is -0.142. The number of hydrogen-bond acceptors (Lipinski definition) is 4. The Labute approximate surface area is 161 Å². The summed E-state index contributed by atoms with van der Waals surface area (Å²) in [5, 5.41) is 0. The number of hydrogen-bond donors (Lipinski definition) is 0. The van der Waals surface area contributed by atoms with Gasteiger partial charge < -0.3 is 19.3 Å². The van der Waals surface area contributed by atoms with E-state index in [1.54, 1.807) is 0 Å². The van der Waals surface area contributed by atoms with E-state index in [4.69, 9.17) is 9.47 Å². The monoisotopic (exact) mass is 416 g/mol. The molecule has 1 saturated heterocycles. The predicted molar refractivity (Wildman–Crippen MR) is 103 cm³/mol. The number of halogens is 1. The molecule has 2 aromatic rings. The molecule has 0 N–H and O–H groups in total. The van der Waals surface area contributed by atoms with Gasteiger partial charge >= 0.3 is 0 Å². The number of ether oxygens (including phenoxy) is 2. The fourth-order valence-electron chi connectivity index (χ4n) is 3.40. The highest BCUT2D eigenvalue weighted by Gasteiger charge is 2.34. The van der Waals surface area contributed by atoms with Crippen molar-refractivity contribution in [2.45, 2.75) is 12.6 Å². The summed E-state index contributed by atoms with van der Waals surface area (Å²) in [6.07, 6.45) is -0.495. The van der Waals surface area contributed by atoms with Crippen LogP contribution in [0.2, 0.25) is 0 Å². The lowest BCUT2D eigenvalue weighted by Gasteiger charge is -2.38. The molecule has 0 unspecified atom stereocenters. The zero-order valence-electron chi connectivity index (χ0n) is 14.4. The number of amides is 1. The van der Waals surface area contributed by atoms with Crippen molar-refractivity contribution >= 4 is 27.5 Å². The standard InChI is InChI=1S/C20H21BrN2O3/c21-16-6-2-1-5-15(16)13-23-14-19(20(24)22-9-11-25-12-10-22)26-18-8-4-3-7-17(18)23/h1-8,19H,9-14H2/t19-/m1/s1. The van der Waals surface area contributed by atoms with Crippen LogP contribution in [0.1, 0.15) is 5.56 Å². The van der Waals surface area contributed by atoms with E-state index >= 15 is 0 Å². The number of benzene rings is 2. The zero-order chi connectivity index (χ0) is 17.9. The molecule has 2 heterocycles. The zero-order valence-corrected chi connectivity index (χ0v) is 16.0. The van der Waals surface area contributed by atoms with E-state index in [1.807, 2.05) is 47.4 Å². The van der Waals surface area contributed by atoms with Crippen molar-refractivity contribution in [3.63, 3.8) is 0 Å². The maximum atomic E-state index is 12.9. The molecule has 2 aliphatic rings. The number of fused-ring (bicyclic) bond motifs is 1. The first-order chi connectivity index (χ1) is 12.7. The maximum Gasteiger partial charge on any atom is 0.265 e. The Morgan fingerprint density at radius 3 is 2.62 bits per heavy atom. The molecular weight excluding hydrogens is 396 g/mol. The van der Waals surface area contributed by atoms with E-state index < -0.39 is 6.10 Å². The molecule has 136 valence electrons. The van der Waals surface area contributed by atoms with Gasteiger partial charge in [-0.1, -0.05) is 46.3 Å². The Kier molecular flexibility index (Phi) is 5.13. The Morgan fingerprint density at radius 2 is 1.81 bits per heavy atom. The average Bonchev–Trinajstić information content (AvgIpc) is 2.69. The molecule has 0 bridgehead atoms. The Hall–Kier alpha value is -2.05. The van der Waals surface area contributed by atoms with Crippen molar-refractivity contribution in [2.24, 2.45) is 0 Å². The van der Waals surface area contributed by atoms with Gasteiger partial charge in [0.05, 0.1) is 25.4 Å². The van der Waals surface area contributed by atoms with Gasteiger partial charge in [-0.2, -0.15) is 0 Å². The molecule has 4 rings (SSSR count). The first-order valence-corrected chi connectivity index (χ1v) is 9.62. The number of morpholine rings is 1. The van der Waals surface area contributed by atoms with Crippen LogP contribution in [0.3, 0.4) is 0 Å². The molecule has 6 heteroatoms. The summed E-state index contributed by atoms with van der Waals surface area (Å²) in [5.41, 5.74) is 2.20. The fourth-order valence-corrected chi connectivity index (χ4v) is 3.82. The van der Waals surface area contributed by atoms with Crippen LogP contribution in [-0.4, -0.2) is 49.8 Å². The highest BCUT2D eigenvalue weighted by molar-refractivity contribution is 9.10. The molecule has 1 amide bonds. The lowest BCUT2D eigenvalue weighted by atomic mass is 10.1. The average molecular weight is 417 g/mol. The molecule has 0 radical (unpaired) electrons. The van der Waals surface area contributed by atoms with Gasteiger partial charge in [-0.15, -0.1) is 0 Å². The molecule has 26 heavy (non-hydrogen) atoms. The number of rotatable bonds is 3. The first-order valence-electron chi connectivity index (χ1n) is 8.83. The fraction of sp³-hybridized carbons (Fsp3) is 0.350. The molecule has 0 spiro atoms. The summed E-state index contributed by atoms with van der Waals surface area (Å²) in [4.78, 5) is 17.0. The third kappa shape index (κ3) is 3.57. The summed E-state index contributed by atoms with van der Waals surface area (Å²) in [5.74, 6) is 0.803. The second kappa shape index (κ2) is 7.68. The maximum absolute atomic E-state index is 12.9. The highest BCUT2D eigenvalue weighted by Crippen LogP contribution is 2.35. The number of nitrogens with zero attached hydrogens (tertiary/aromatic N) is 2. The van der Waals surface area contributed by atoms with Crippen LogP contribution in [0.15, 0.2) is 53.0 Å². The molecule has 0 saturated carbocycles. The predicted octanol–water partition coefficient (Wildman–Crippen LogP) is 3.08. The van der Waals surface area contributed by atoms with E-state index in [0.717, 1.165) is 15.9 Å². The van der Waals surface area contributed by atoms with E-state index in [9.17, 15) is 4.79 Å². The van der Waals surface area contributed by atoms with Crippen molar-refractivity contribution < 1.29 is 14.3 Å². The molecule has 2 aromatic carbocycles. The summed E-state index contributed by atoms with van der Waals surface area (Å²) in [7, 11) is 0. The molecule has 2 aliphatic heterocycles. The number of anilines is 1. The molecule has 1 fully saturated rings. The first kappa shape index (κ1) is 17.4. The van der Waals surface area contributed by atoms with Crippen LogP contribution in [-0.2, 0) is 16.1 Å². The summed E-state index contributed by atoms with van der Waals surface area (Å²) in [6.45, 7) is 3.70. The Balaban J connectivity index is 1.58. The van der Waals surface area contributed by atoms with Gasteiger partial charge in [-0.05, 0) is 23.8 Å². The summed E-state index contributed by atoms with van der Waals surface area (Å²) < 4.78 is 12.5. The van der Waals surface area contributed by atoms with Crippen molar-refractivity contribution in [1.82, 2.24) is 4.90 Å². The topological polar surface area (TPSA) is 42.0 Å². The third-order valence-electron chi connectivity index (χ3n) is 4.78. The Morgan fingerprint density at radius 1 is 1.08 bits per heavy atom. The third-order valence-corrected chi connectivity index (χ3v) is 5.55. The van der Waals surface area contributed by atoms with Crippen molar-refractivity contribution in [3.05, 3.63) is 58.6 Å². The quantitative estimate of drug-likeness (QED) is 0.770. The van der Waals surface area contributed by atoms with Crippen LogP contribution in [0.25, 0.3) is 0 Å². The molecule has 5 nitrogen and oxygen atoms in total. The van der Waals surface area contributed by atoms with Crippen LogP contribution in [0.4, 0.5) is 5.69 Å². The van der Waals surface area contributed by atoms with E-state index in [-0.39, 0.29) is 5.91 Å². The summed E-state index contributed by atoms with van der Waals surface area (Å²) in [6, 6.07) is 16.1. The number of carbonyl (C=O) groups is 1. The minimum absolute atomic E-state index is 0.0416. The minimum atomic E-state index is -0.495. The SMILES string of the molecule is O=C([C@H]1CN(Cc2ccccc2Br)c2ccccc2O1)N1CCOCC1. The van der Waals surface area contributed by atoms with Gasteiger partial charge in [0.1, 0.15) is 5.75 Å². The van der Waals surface area contributed by atoms with Crippen molar-refractivity contribution in [3.8, 4) is 5.75 Å². The number of para-hydroxylation sites is 2. The van der Waals surface area contributed by atoms with Gasteiger partial charge in [0, 0.05) is 24.1 Å². The molecule has 0 aromatic heterocycles. The largest absolute Gasteiger partial charge is 0.477 e. The Bertz CT molecular complexity index is 792. The van der Waals surface area contributed by atoms with E-state index in [2.05, 4.69) is 26.9 Å². The second-order valence-corrected chi connectivity index (χ2v) is 7.34. The van der Waals surface area contributed by atoms with E-state index in [1.165, 1.54) is 5.56 Å². The van der Waals surface area contributed by atoms with Crippen molar-refractivity contribution in [2.75, 3.05) is 37.7 Å². The van der Waals surface area contributed by atoms with Crippen LogP contribution >= 0.6 is 15.9 Å². The summed E-state index contributed by atoms with van der Waals surface area (Å²) >= 11 is 3.62. The molecule has 0 aliphatic carbocycles. The number of carbonyl (C=O) groups excluding carboxylic acids is 1. The van der Waals surface area contributed by atoms with Crippen LogP contribution in [0, 0.1) is 0 Å². The minimum Gasteiger partial charge on any atom is -0.477 e. The van der Waals surface area contributed by atoms with Gasteiger partial charge in [0.2, 0.25) is 0 Å².